The summed E-state index contributed by atoms with van der Waals surface area (Å²) in [6, 6.07) is 3.17. The molecule has 0 fully saturated rings. The number of hydrogen-bond acceptors (Lipinski definition) is 5. The molecular formula is C14H16N2O4S. The first-order valence-corrected chi connectivity index (χ1v) is 6.97. The van der Waals surface area contributed by atoms with Gasteiger partial charge in [-0.15, -0.1) is 11.3 Å². The molecule has 0 bridgehead atoms. The summed E-state index contributed by atoms with van der Waals surface area (Å²) in [5.41, 5.74) is 0.323. The van der Waals surface area contributed by atoms with Crippen molar-refractivity contribution in [2.45, 2.75) is 0 Å². The Hall–Kier alpha value is -2.28. The van der Waals surface area contributed by atoms with Crippen LogP contribution in [0.2, 0.25) is 0 Å². The lowest BCUT2D eigenvalue weighted by atomic mass is 10.1. The molecule has 0 atom stereocenters. The molecule has 6 nitrogen and oxygen atoms in total. The molecule has 0 aliphatic rings. The molecule has 0 saturated carbocycles. The zero-order valence-electron chi connectivity index (χ0n) is 12.2. The molecule has 0 radical (unpaired) electrons. The van der Waals surface area contributed by atoms with Crippen LogP contribution in [0.15, 0.2) is 28.7 Å². The van der Waals surface area contributed by atoms with Gasteiger partial charge in [-0.3, -0.25) is 4.79 Å². The van der Waals surface area contributed by atoms with E-state index in [2.05, 4.69) is 4.99 Å². The summed E-state index contributed by atoms with van der Waals surface area (Å²) >= 11 is 1.38. The number of aryl methyl sites for hydroxylation is 1. The van der Waals surface area contributed by atoms with E-state index >= 15 is 0 Å². The largest absolute Gasteiger partial charge is 0.496 e. The Labute approximate surface area is 126 Å². The van der Waals surface area contributed by atoms with E-state index in [-0.39, 0.29) is 0 Å². The number of aromatic nitrogens is 1. The molecule has 0 unspecified atom stereocenters. The predicted molar refractivity (Wildman–Crippen MR) is 79.3 cm³/mol. The average molecular weight is 308 g/mol. The minimum Gasteiger partial charge on any atom is -0.496 e. The fourth-order valence-electron chi connectivity index (χ4n) is 1.78. The summed E-state index contributed by atoms with van der Waals surface area (Å²) < 4.78 is 17.4. The molecule has 2 rings (SSSR count). The summed E-state index contributed by atoms with van der Waals surface area (Å²) in [4.78, 5) is 17.1. The third-order valence-corrected chi connectivity index (χ3v) is 3.74. The van der Waals surface area contributed by atoms with E-state index in [0.29, 0.717) is 27.6 Å². The number of hydrogen-bond donors (Lipinski definition) is 0. The smallest absolute Gasteiger partial charge is 0.283 e. The number of thiazole rings is 1. The van der Waals surface area contributed by atoms with Crippen LogP contribution < -0.4 is 19.0 Å². The number of rotatable bonds is 4. The van der Waals surface area contributed by atoms with Crippen molar-refractivity contribution in [2.24, 2.45) is 12.0 Å². The Morgan fingerprint density at radius 2 is 1.71 bits per heavy atom. The fourth-order valence-corrected chi connectivity index (χ4v) is 2.51. The maximum atomic E-state index is 12.4. The second-order valence-corrected chi connectivity index (χ2v) is 4.99. The topological polar surface area (TPSA) is 62.0 Å². The summed E-state index contributed by atoms with van der Waals surface area (Å²) in [7, 11) is 6.35. The van der Waals surface area contributed by atoms with Crippen LogP contribution >= 0.6 is 11.3 Å². The van der Waals surface area contributed by atoms with Crippen LogP contribution in [0.25, 0.3) is 0 Å². The number of ether oxygens (including phenoxy) is 3. The molecule has 1 amide bonds. The maximum absolute atomic E-state index is 12.4. The molecule has 0 aliphatic carbocycles. The number of methoxy groups -OCH3 is 3. The van der Waals surface area contributed by atoms with Crippen LogP contribution in [0.1, 0.15) is 10.4 Å². The number of benzene rings is 1. The first-order valence-electron chi connectivity index (χ1n) is 6.10. The van der Waals surface area contributed by atoms with Crippen molar-refractivity contribution in [1.82, 2.24) is 4.57 Å². The van der Waals surface area contributed by atoms with E-state index in [4.69, 9.17) is 14.2 Å². The van der Waals surface area contributed by atoms with Gasteiger partial charge in [0.2, 0.25) is 0 Å². The first-order chi connectivity index (χ1) is 10.1. The van der Waals surface area contributed by atoms with E-state index in [0.717, 1.165) is 0 Å². The minimum atomic E-state index is -0.397. The Balaban J connectivity index is 2.52. The molecule has 1 aromatic carbocycles. The number of amides is 1. The molecule has 1 aromatic heterocycles. The molecule has 2 aromatic rings. The van der Waals surface area contributed by atoms with Crippen molar-refractivity contribution in [1.29, 1.82) is 0 Å². The molecule has 0 aliphatic heterocycles. The second-order valence-electron chi connectivity index (χ2n) is 4.12. The van der Waals surface area contributed by atoms with Crippen molar-refractivity contribution in [3.8, 4) is 17.2 Å². The van der Waals surface area contributed by atoms with Crippen LogP contribution in [0.4, 0.5) is 0 Å². The molecule has 0 saturated heterocycles. The van der Waals surface area contributed by atoms with Crippen molar-refractivity contribution < 1.29 is 19.0 Å². The Kier molecular flexibility index (Phi) is 4.64. The highest BCUT2D eigenvalue weighted by atomic mass is 32.1. The number of carbonyl (C=O) groups excluding carboxylic acids is 1. The molecule has 0 N–H and O–H groups in total. The summed E-state index contributed by atoms with van der Waals surface area (Å²) in [6.07, 6.45) is 1.84. The SMILES string of the molecule is COc1cc(OC)c(C(=O)N=c2sccn2C)cc1OC. The highest BCUT2D eigenvalue weighted by Crippen LogP contribution is 2.34. The molecule has 1 heterocycles. The van der Waals surface area contributed by atoms with Crippen molar-refractivity contribution in [3.63, 3.8) is 0 Å². The second kappa shape index (κ2) is 6.45. The van der Waals surface area contributed by atoms with Crippen molar-refractivity contribution in [3.05, 3.63) is 34.1 Å². The third-order valence-electron chi connectivity index (χ3n) is 2.89. The maximum Gasteiger partial charge on any atom is 0.283 e. The fraction of sp³-hybridized carbons (Fsp3) is 0.286. The number of nitrogens with zero attached hydrogens (tertiary/aromatic N) is 2. The van der Waals surface area contributed by atoms with E-state index in [1.54, 1.807) is 16.7 Å². The van der Waals surface area contributed by atoms with Crippen LogP contribution in [-0.2, 0) is 7.05 Å². The lowest BCUT2D eigenvalue weighted by molar-refractivity contribution is 0.0994. The highest BCUT2D eigenvalue weighted by Gasteiger charge is 2.17. The first kappa shape index (κ1) is 15.1. The minimum absolute atomic E-state index is 0.323. The molecule has 112 valence electrons. The monoisotopic (exact) mass is 308 g/mol. The molecule has 21 heavy (non-hydrogen) atoms. The van der Waals surface area contributed by atoms with Gasteiger partial charge in [0.05, 0.1) is 26.9 Å². The quantitative estimate of drug-likeness (QED) is 0.865. The van der Waals surface area contributed by atoms with Crippen molar-refractivity contribution in [2.75, 3.05) is 21.3 Å². The van der Waals surface area contributed by atoms with Crippen molar-refractivity contribution >= 4 is 17.2 Å². The van der Waals surface area contributed by atoms with Gasteiger partial charge in [0, 0.05) is 30.8 Å². The van der Waals surface area contributed by atoms with E-state index in [1.807, 2.05) is 18.6 Å². The van der Waals surface area contributed by atoms with Gasteiger partial charge in [0.25, 0.3) is 5.91 Å². The van der Waals surface area contributed by atoms with Gasteiger partial charge in [0.15, 0.2) is 16.3 Å². The van der Waals surface area contributed by atoms with Gasteiger partial charge in [-0.2, -0.15) is 4.99 Å². The van der Waals surface area contributed by atoms with Crippen LogP contribution in [0.5, 0.6) is 17.2 Å². The van der Waals surface area contributed by atoms with Gasteiger partial charge in [0.1, 0.15) is 5.75 Å². The van der Waals surface area contributed by atoms with Crippen LogP contribution in [0, 0.1) is 0 Å². The molecule has 7 heteroatoms. The predicted octanol–water partition coefficient (Wildman–Crippen LogP) is 1.85. The number of carbonyl (C=O) groups is 1. The van der Waals surface area contributed by atoms with Gasteiger partial charge in [-0.25, -0.2) is 0 Å². The van der Waals surface area contributed by atoms with Gasteiger partial charge in [-0.1, -0.05) is 0 Å². The zero-order chi connectivity index (χ0) is 15.4. The van der Waals surface area contributed by atoms with Gasteiger partial charge in [-0.05, 0) is 0 Å². The van der Waals surface area contributed by atoms with Gasteiger partial charge < -0.3 is 18.8 Å². The van der Waals surface area contributed by atoms with E-state index < -0.39 is 5.91 Å². The lowest BCUT2D eigenvalue weighted by Crippen LogP contribution is -2.13. The van der Waals surface area contributed by atoms with Crippen LogP contribution in [-0.4, -0.2) is 31.8 Å². The van der Waals surface area contributed by atoms with Crippen LogP contribution in [0.3, 0.4) is 0 Å². The lowest BCUT2D eigenvalue weighted by Gasteiger charge is -2.12. The summed E-state index contributed by atoms with van der Waals surface area (Å²) in [5, 5.41) is 1.86. The third kappa shape index (κ3) is 3.08. The normalized spacial score (nSPS) is 11.3. The summed E-state index contributed by atoms with van der Waals surface area (Å²) in [5.74, 6) is 0.937. The zero-order valence-corrected chi connectivity index (χ0v) is 13.1. The Morgan fingerprint density at radius 1 is 1.10 bits per heavy atom. The highest BCUT2D eigenvalue weighted by molar-refractivity contribution is 7.07. The van der Waals surface area contributed by atoms with E-state index in [1.165, 1.54) is 32.7 Å². The Bertz CT molecular complexity index is 718. The summed E-state index contributed by atoms with van der Waals surface area (Å²) in [6.45, 7) is 0. The van der Waals surface area contributed by atoms with E-state index in [9.17, 15) is 4.79 Å². The molecule has 0 spiro atoms. The molecular weight excluding hydrogens is 292 g/mol. The standard InChI is InChI=1S/C14H16N2O4S/c1-16-5-6-21-14(16)15-13(17)9-7-11(19-3)12(20-4)8-10(9)18-2/h5-8H,1-4H3. The Morgan fingerprint density at radius 3 is 2.24 bits per heavy atom. The van der Waals surface area contributed by atoms with Gasteiger partial charge >= 0.3 is 0 Å². The average Bonchev–Trinajstić information content (AvgIpc) is 2.90.